The highest BCUT2D eigenvalue weighted by Crippen LogP contribution is 2.28. The predicted octanol–water partition coefficient (Wildman–Crippen LogP) is 3.90. The van der Waals surface area contributed by atoms with E-state index in [2.05, 4.69) is 46.4 Å². The molecule has 1 aliphatic rings. The summed E-state index contributed by atoms with van der Waals surface area (Å²) in [5, 5.41) is 0.737. The van der Waals surface area contributed by atoms with E-state index < -0.39 is 0 Å². The molecule has 4 heteroatoms. The van der Waals surface area contributed by atoms with E-state index in [-0.39, 0.29) is 0 Å². The molecule has 1 N–H and O–H groups in total. The van der Waals surface area contributed by atoms with Crippen molar-refractivity contribution in [2.75, 3.05) is 5.75 Å². The summed E-state index contributed by atoms with van der Waals surface area (Å²) in [5.41, 5.74) is 3.70. The molecule has 2 nitrogen and oxygen atoms in total. The number of aromatic nitrogens is 2. The lowest BCUT2D eigenvalue weighted by Gasteiger charge is -2.10. The molecule has 2 aromatic rings. The van der Waals surface area contributed by atoms with Crippen LogP contribution in [0.4, 0.5) is 0 Å². The minimum Gasteiger partial charge on any atom is -0.331 e. The number of aromatic amines is 1. The average Bonchev–Trinajstić information content (AvgIpc) is 2.90. The molecule has 1 aliphatic heterocycles. The topological polar surface area (TPSA) is 20.7 Å². The fourth-order valence-electron chi connectivity index (χ4n) is 2.44. The molecule has 0 spiro atoms. The van der Waals surface area contributed by atoms with Crippen molar-refractivity contribution in [2.24, 2.45) is 0 Å². The third kappa shape index (κ3) is 2.16. The Balaban J connectivity index is 2.04. The second-order valence-electron chi connectivity index (χ2n) is 4.70. The zero-order valence-corrected chi connectivity index (χ0v) is 11.5. The van der Waals surface area contributed by atoms with Crippen molar-refractivity contribution in [3.8, 4) is 0 Å². The quantitative estimate of drug-likeness (QED) is 0.830. The summed E-state index contributed by atoms with van der Waals surface area (Å²) in [6, 6.07) is 6.47. The lowest BCUT2D eigenvalue weighted by Crippen LogP contribution is -2.09. The lowest BCUT2D eigenvalue weighted by molar-refractivity contribution is 0.645. The van der Waals surface area contributed by atoms with Gasteiger partial charge in [0.25, 0.3) is 0 Å². The van der Waals surface area contributed by atoms with Gasteiger partial charge in [-0.25, -0.2) is 0 Å². The number of benzene rings is 1. The molecule has 1 saturated heterocycles. The lowest BCUT2D eigenvalue weighted by atomic mass is 10.2. The van der Waals surface area contributed by atoms with Gasteiger partial charge in [-0.3, -0.25) is 0 Å². The van der Waals surface area contributed by atoms with Crippen molar-refractivity contribution >= 4 is 35.0 Å². The van der Waals surface area contributed by atoms with Crippen molar-refractivity contribution in [3.63, 3.8) is 0 Å². The summed E-state index contributed by atoms with van der Waals surface area (Å²) in [6.07, 6.45) is 2.68. The molecule has 1 unspecified atom stereocenters. The number of thioether (sulfide) groups is 1. The van der Waals surface area contributed by atoms with Gasteiger partial charge >= 0.3 is 0 Å². The molecular weight excluding hydrogens is 248 g/mol. The molecule has 3 rings (SSSR count). The molecule has 0 bridgehead atoms. The number of fused-ring (bicyclic) bond motifs is 1. The van der Waals surface area contributed by atoms with Crippen molar-refractivity contribution in [1.82, 2.24) is 9.55 Å². The summed E-state index contributed by atoms with van der Waals surface area (Å²) in [6.45, 7) is 3.18. The van der Waals surface area contributed by atoms with E-state index in [4.69, 9.17) is 12.2 Å². The molecule has 2 heterocycles. The van der Waals surface area contributed by atoms with Crippen LogP contribution < -0.4 is 0 Å². The SMILES string of the molecule is Cc1ccc2[nH]c(=S)n(CC3CCCS3)c2c1. The van der Waals surface area contributed by atoms with Gasteiger partial charge in [0.1, 0.15) is 0 Å². The van der Waals surface area contributed by atoms with Gasteiger partial charge in [0, 0.05) is 11.8 Å². The van der Waals surface area contributed by atoms with Crippen LogP contribution in [0.3, 0.4) is 0 Å². The van der Waals surface area contributed by atoms with Crippen molar-refractivity contribution in [2.45, 2.75) is 31.6 Å². The normalized spacial score (nSPS) is 20.2. The molecule has 1 aromatic carbocycles. The van der Waals surface area contributed by atoms with Gasteiger partial charge in [-0.15, -0.1) is 0 Å². The molecule has 0 saturated carbocycles. The maximum atomic E-state index is 5.43. The monoisotopic (exact) mass is 264 g/mol. The average molecular weight is 264 g/mol. The number of hydrogen-bond acceptors (Lipinski definition) is 2. The standard InChI is InChI=1S/C13H16N2S2/c1-9-4-5-11-12(7-9)15(13(16)14-11)8-10-3-2-6-17-10/h4-5,7,10H,2-3,6,8H2,1H3,(H,14,16). The molecule has 1 fully saturated rings. The van der Waals surface area contributed by atoms with Gasteiger partial charge in [0.15, 0.2) is 4.77 Å². The van der Waals surface area contributed by atoms with Gasteiger partial charge < -0.3 is 9.55 Å². The summed E-state index contributed by atoms with van der Waals surface area (Å²) in [5.74, 6) is 1.30. The van der Waals surface area contributed by atoms with E-state index in [0.717, 1.165) is 22.1 Å². The van der Waals surface area contributed by atoms with Gasteiger partial charge in [-0.1, -0.05) is 6.07 Å². The van der Waals surface area contributed by atoms with E-state index in [1.807, 2.05) is 0 Å². The molecule has 0 aliphatic carbocycles. The molecule has 17 heavy (non-hydrogen) atoms. The molecule has 1 aromatic heterocycles. The third-order valence-corrected chi connectivity index (χ3v) is 5.04. The summed E-state index contributed by atoms with van der Waals surface area (Å²) >= 11 is 7.51. The molecular formula is C13H16N2S2. The fraction of sp³-hybridized carbons (Fsp3) is 0.462. The smallest absolute Gasteiger partial charge is 0.178 e. The first-order valence-corrected chi connectivity index (χ1v) is 7.50. The number of imidazole rings is 1. The minimum atomic E-state index is 0.737. The fourth-order valence-corrected chi connectivity index (χ4v) is 3.97. The number of aryl methyl sites for hydroxylation is 1. The maximum absolute atomic E-state index is 5.43. The van der Waals surface area contributed by atoms with Crippen LogP contribution in [0.5, 0.6) is 0 Å². The Morgan fingerprint density at radius 1 is 1.53 bits per heavy atom. The Hall–Kier alpha value is -0.740. The molecule has 0 radical (unpaired) electrons. The molecule has 1 atom stereocenters. The van der Waals surface area contributed by atoms with Crippen molar-refractivity contribution < 1.29 is 0 Å². The van der Waals surface area contributed by atoms with Crippen LogP contribution in [0.2, 0.25) is 0 Å². The number of rotatable bonds is 2. The number of nitrogens with zero attached hydrogens (tertiary/aromatic N) is 1. The van der Waals surface area contributed by atoms with Crippen LogP contribution in [0.25, 0.3) is 11.0 Å². The minimum absolute atomic E-state index is 0.737. The maximum Gasteiger partial charge on any atom is 0.178 e. The summed E-state index contributed by atoms with van der Waals surface area (Å²) in [4.78, 5) is 3.30. The molecule has 90 valence electrons. The highest BCUT2D eigenvalue weighted by Gasteiger charge is 2.17. The van der Waals surface area contributed by atoms with Crippen LogP contribution in [0, 0.1) is 11.7 Å². The van der Waals surface area contributed by atoms with Crippen LogP contribution in [-0.2, 0) is 6.54 Å². The largest absolute Gasteiger partial charge is 0.331 e. The van der Waals surface area contributed by atoms with Gasteiger partial charge in [-0.05, 0) is 55.4 Å². The van der Waals surface area contributed by atoms with Gasteiger partial charge in [0.2, 0.25) is 0 Å². The zero-order valence-electron chi connectivity index (χ0n) is 9.90. The number of H-pyrrole nitrogens is 1. The Kier molecular flexibility index (Phi) is 3.01. The summed E-state index contributed by atoms with van der Waals surface area (Å²) in [7, 11) is 0. The second kappa shape index (κ2) is 4.50. The van der Waals surface area contributed by atoms with Crippen LogP contribution in [0.15, 0.2) is 18.2 Å². The Morgan fingerprint density at radius 2 is 2.41 bits per heavy atom. The first-order chi connectivity index (χ1) is 8.24. The van der Waals surface area contributed by atoms with Crippen LogP contribution in [0.1, 0.15) is 18.4 Å². The van der Waals surface area contributed by atoms with Gasteiger partial charge in [0.05, 0.1) is 11.0 Å². The van der Waals surface area contributed by atoms with E-state index in [0.29, 0.717) is 0 Å². The van der Waals surface area contributed by atoms with E-state index in [1.54, 1.807) is 0 Å². The Labute approximate surface area is 110 Å². The van der Waals surface area contributed by atoms with Gasteiger partial charge in [-0.2, -0.15) is 11.8 Å². The highest BCUT2D eigenvalue weighted by molar-refractivity contribution is 8.00. The Morgan fingerprint density at radius 3 is 3.18 bits per heavy atom. The molecule has 0 amide bonds. The number of hydrogen-bond donors (Lipinski definition) is 1. The predicted molar refractivity (Wildman–Crippen MR) is 77.3 cm³/mol. The van der Waals surface area contributed by atoms with E-state index in [9.17, 15) is 0 Å². The zero-order chi connectivity index (χ0) is 11.8. The van der Waals surface area contributed by atoms with Crippen LogP contribution >= 0.6 is 24.0 Å². The van der Waals surface area contributed by atoms with Crippen molar-refractivity contribution in [3.05, 3.63) is 28.5 Å². The second-order valence-corrected chi connectivity index (χ2v) is 6.49. The number of nitrogens with one attached hydrogen (secondary N) is 1. The van der Waals surface area contributed by atoms with Crippen LogP contribution in [-0.4, -0.2) is 20.6 Å². The van der Waals surface area contributed by atoms with E-state index in [1.165, 1.54) is 29.7 Å². The highest BCUT2D eigenvalue weighted by atomic mass is 32.2. The summed E-state index contributed by atoms with van der Waals surface area (Å²) < 4.78 is 3.12. The van der Waals surface area contributed by atoms with E-state index >= 15 is 0 Å². The Bertz CT molecular complexity index is 591. The third-order valence-electron chi connectivity index (χ3n) is 3.34. The first kappa shape index (κ1) is 11.4. The first-order valence-electron chi connectivity index (χ1n) is 6.05. The van der Waals surface area contributed by atoms with Crippen molar-refractivity contribution in [1.29, 1.82) is 0 Å².